The number of aliphatic hydroxyl groups excluding tert-OH is 1. The summed E-state index contributed by atoms with van der Waals surface area (Å²) in [5.74, 6) is -0.479. The number of hydrogen-bond donors (Lipinski definition) is 2. The molecule has 96 valence electrons. The first-order valence-corrected chi connectivity index (χ1v) is 5.15. The van der Waals surface area contributed by atoms with Crippen LogP contribution in [0.2, 0.25) is 0 Å². The standard InChI is InChI=1S/C11H15F3N2O/c1-7-4-10(9(15)5-8(7)12)16(2-3-17)6-11(13)14/h4-5,11,17H,2-3,6,15H2,1H3. The number of benzene rings is 1. The Labute approximate surface area is 97.6 Å². The van der Waals surface area contributed by atoms with E-state index in [0.29, 0.717) is 11.3 Å². The molecule has 1 aromatic carbocycles. The minimum absolute atomic E-state index is 0.0274. The van der Waals surface area contributed by atoms with Crippen molar-refractivity contribution >= 4 is 11.4 Å². The lowest BCUT2D eigenvalue weighted by atomic mass is 10.1. The van der Waals surface area contributed by atoms with Crippen molar-refractivity contribution < 1.29 is 18.3 Å². The van der Waals surface area contributed by atoms with Gasteiger partial charge in [-0.1, -0.05) is 0 Å². The molecule has 0 aliphatic rings. The van der Waals surface area contributed by atoms with Crippen LogP contribution in [0.4, 0.5) is 24.5 Å². The van der Waals surface area contributed by atoms with Crippen LogP contribution in [0.5, 0.6) is 0 Å². The zero-order chi connectivity index (χ0) is 13.0. The van der Waals surface area contributed by atoms with E-state index < -0.39 is 18.8 Å². The first kappa shape index (κ1) is 13.6. The van der Waals surface area contributed by atoms with Crippen LogP contribution in [-0.2, 0) is 0 Å². The fraction of sp³-hybridized carbons (Fsp3) is 0.455. The molecular formula is C11H15F3N2O. The summed E-state index contributed by atoms with van der Waals surface area (Å²) in [7, 11) is 0. The molecule has 0 aliphatic heterocycles. The maximum atomic E-state index is 13.2. The van der Waals surface area contributed by atoms with Crippen molar-refractivity contribution in [1.29, 1.82) is 0 Å². The largest absolute Gasteiger partial charge is 0.397 e. The molecule has 0 heterocycles. The van der Waals surface area contributed by atoms with Gasteiger partial charge in [0, 0.05) is 6.54 Å². The SMILES string of the molecule is Cc1cc(N(CCO)CC(F)F)c(N)cc1F. The van der Waals surface area contributed by atoms with Crippen LogP contribution in [0, 0.1) is 12.7 Å². The van der Waals surface area contributed by atoms with Crippen LogP contribution in [0.1, 0.15) is 5.56 Å². The van der Waals surface area contributed by atoms with Crippen LogP contribution in [-0.4, -0.2) is 31.2 Å². The zero-order valence-corrected chi connectivity index (χ0v) is 9.46. The molecule has 3 nitrogen and oxygen atoms in total. The summed E-state index contributed by atoms with van der Waals surface area (Å²) < 4.78 is 37.9. The Balaban J connectivity index is 3.04. The molecule has 0 radical (unpaired) electrons. The molecule has 0 spiro atoms. The molecule has 0 amide bonds. The Bertz CT molecular complexity index is 385. The van der Waals surface area contributed by atoms with Crippen molar-refractivity contribution in [2.45, 2.75) is 13.3 Å². The fourth-order valence-corrected chi connectivity index (χ4v) is 1.55. The topological polar surface area (TPSA) is 49.5 Å². The number of halogens is 3. The number of nitrogens with zero attached hydrogens (tertiary/aromatic N) is 1. The van der Waals surface area contributed by atoms with Crippen LogP contribution in [0.15, 0.2) is 12.1 Å². The van der Waals surface area contributed by atoms with Crippen LogP contribution in [0.25, 0.3) is 0 Å². The third-order valence-electron chi connectivity index (χ3n) is 2.38. The van der Waals surface area contributed by atoms with E-state index in [9.17, 15) is 13.2 Å². The van der Waals surface area contributed by atoms with E-state index in [4.69, 9.17) is 10.8 Å². The van der Waals surface area contributed by atoms with Gasteiger partial charge in [-0.3, -0.25) is 0 Å². The maximum Gasteiger partial charge on any atom is 0.255 e. The number of anilines is 2. The highest BCUT2D eigenvalue weighted by Gasteiger charge is 2.16. The van der Waals surface area contributed by atoms with Gasteiger partial charge in [0.1, 0.15) is 5.82 Å². The molecule has 1 rings (SSSR count). The molecule has 3 N–H and O–H groups in total. The van der Waals surface area contributed by atoms with Crippen molar-refractivity contribution in [2.24, 2.45) is 0 Å². The molecule has 0 aliphatic carbocycles. The Kier molecular flexibility index (Phi) is 4.62. The summed E-state index contributed by atoms with van der Waals surface area (Å²) >= 11 is 0. The number of aliphatic hydroxyl groups is 1. The number of nitrogen functional groups attached to an aromatic ring is 1. The second-order valence-corrected chi connectivity index (χ2v) is 3.72. The summed E-state index contributed by atoms with van der Waals surface area (Å²) in [6.45, 7) is 0.732. The minimum Gasteiger partial charge on any atom is -0.397 e. The van der Waals surface area contributed by atoms with Gasteiger partial charge in [0.15, 0.2) is 0 Å². The van der Waals surface area contributed by atoms with Gasteiger partial charge in [0.05, 0.1) is 24.5 Å². The fourth-order valence-electron chi connectivity index (χ4n) is 1.55. The monoisotopic (exact) mass is 248 g/mol. The number of nitrogens with two attached hydrogens (primary N) is 1. The van der Waals surface area contributed by atoms with Gasteiger partial charge in [-0.25, -0.2) is 13.2 Å². The van der Waals surface area contributed by atoms with Gasteiger partial charge in [0.2, 0.25) is 0 Å². The van der Waals surface area contributed by atoms with Crippen LogP contribution < -0.4 is 10.6 Å². The third kappa shape index (κ3) is 3.52. The molecular weight excluding hydrogens is 233 g/mol. The van der Waals surface area contributed by atoms with Gasteiger partial charge in [-0.05, 0) is 24.6 Å². The van der Waals surface area contributed by atoms with Gasteiger partial charge in [0.25, 0.3) is 6.43 Å². The second kappa shape index (κ2) is 5.77. The third-order valence-corrected chi connectivity index (χ3v) is 2.38. The van der Waals surface area contributed by atoms with Crippen molar-refractivity contribution in [3.63, 3.8) is 0 Å². The second-order valence-electron chi connectivity index (χ2n) is 3.72. The molecule has 0 unspecified atom stereocenters. The predicted octanol–water partition coefficient (Wildman–Crippen LogP) is 1.78. The molecule has 1 aromatic rings. The Morgan fingerprint density at radius 2 is 2.06 bits per heavy atom. The number of alkyl halides is 2. The van der Waals surface area contributed by atoms with Crippen LogP contribution >= 0.6 is 0 Å². The summed E-state index contributed by atoms with van der Waals surface area (Å²) in [6.07, 6.45) is -2.55. The Hall–Kier alpha value is -1.43. The van der Waals surface area contributed by atoms with Gasteiger partial charge < -0.3 is 15.7 Å². The normalized spacial score (nSPS) is 10.9. The van der Waals surface area contributed by atoms with E-state index in [2.05, 4.69) is 0 Å². The summed E-state index contributed by atoms with van der Waals surface area (Å²) in [4.78, 5) is 1.24. The molecule has 17 heavy (non-hydrogen) atoms. The molecule has 0 fully saturated rings. The molecule has 0 atom stereocenters. The number of rotatable bonds is 5. The smallest absolute Gasteiger partial charge is 0.255 e. The highest BCUT2D eigenvalue weighted by atomic mass is 19.3. The van der Waals surface area contributed by atoms with Crippen LogP contribution in [0.3, 0.4) is 0 Å². The van der Waals surface area contributed by atoms with Crippen molar-refractivity contribution in [2.75, 3.05) is 30.3 Å². The quantitative estimate of drug-likeness (QED) is 0.781. The summed E-state index contributed by atoms with van der Waals surface area (Å²) in [6, 6.07) is 2.50. The predicted molar refractivity (Wildman–Crippen MR) is 60.9 cm³/mol. The van der Waals surface area contributed by atoms with E-state index >= 15 is 0 Å². The van der Waals surface area contributed by atoms with E-state index in [1.165, 1.54) is 17.9 Å². The Morgan fingerprint density at radius 1 is 1.41 bits per heavy atom. The van der Waals surface area contributed by atoms with Gasteiger partial charge in [-0.2, -0.15) is 0 Å². The maximum absolute atomic E-state index is 13.2. The molecule has 0 saturated carbocycles. The van der Waals surface area contributed by atoms with E-state index in [0.717, 1.165) is 6.07 Å². The van der Waals surface area contributed by atoms with Gasteiger partial charge >= 0.3 is 0 Å². The minimum atomic E-state index is -2.55. The number of aryl methyl sites for hydroxylation is 1. The lowest BCUT2D eigenvalue weighted by molar-refractivity contribution is 0.153. The molecule has 6 heteroatoms. The van der Waals surface area contributed by atoms with E-state index in [1.54, 1.807) is 0 Å². The number of hydrogen-bond acceptors (Lipinski definition) is 3. The zero-order valence-electron chi connectivity index (χ0n) is 9.46. The van der Waals surface area contributed by atoms with Crippen molar-refractivity contribution in [3.8, 4) is 0 Å². The van der Waals surface area contributed by atoms with Crippen molar-refractivity contribution in [1.82, 2.24) is 0 Å². The lowest BCUT2D eigenvalue weighted by Crippen LogP contribution is -2.32. The average molecular weight is 248 g/mol. The Morgan fingerprint density at radius 3 is 2.59 bits per heavy atom. The molecule has 0 saturated heterocycles. The van der Waals surface area contributed by atoms with Gasteiger partial charge in [-0.15, -0.1) is 0 Å². The first-order chi connectivity index (χ1) is 7.95. The summed E-state index contributed by atoms with van der Waals surface area (Å²) in [5, 5.41) is 8.82. The first-order valence-electron chi connectivity index (χ1n) is 5.15. The lowest BCUT2D eigenvalue weighted by Gasteiger charge is -2.25. The summed E-state index contributed by atoms with van der Waals surface area (Å²) in [5.41, 5.74) is 6.32. The van der Waals surface area contributed by atoms with E-state index in [-0.39, 0.29) is 18.8 Å². The molecule has 0 bridgehead atoms. The highest BCUT2D eigenvalue weighted by Crippen LogP contribution is 2.26. The van der Waals surface area contributed by atoms with E-state index in [1.807, 2.05) is 0 Å². The highest BCUT2D eigenvalue weighted by molar-refractivity contribution is 5.68. The average Bonchev–Trinajstić information content (AvgIpc) is 2.22. The van der Waals surface area contributed by atoms with Crippen molar-refractivity contribution in [3.05, 3.63) is 23.5 Å². The molecule has 0 aromatic heterocycles.